The van der Waals surface area contributed by atoms with Crippen molar-refractivity contribution in [1.29, 1.82) is 0 Å². The lowest BCUT2D eigenvalue weighted by Gasteiger charge is -2.12. The molecule has 0 radical (unpaired) electrons. The van der Waals surface area contributed by atoms with Crippen LogP contribution in [-0.2, 0) is 9.59 Å². The molecule has 1 aliphatic heterocycles. The van der Waals surface area contributed by atoms with Crippen molar-refractivity contribution in [2.45, 2.75) is 39.7 Å². The molecule has 0 aliphatic carbocycles. The van der Waals surface area contributed by atoms with E-state index in [-0.39, 0.29) is 23.4 Å². The monoisotopic (exact) mass is 475 g/mol. The van der Waals surface area contributed by atoms with Crippen LogP contribution in [0.1, 0.15) is 49.5 Å². The Labute approximate surface area is 204 Å². The molecule has 1 aromatic carbocycles. The third kappa shape index (κ3) is 7.10. The lowest BCUT2D eigenvalue weighted by Crippen LogP contribution is -2.35. The summed E-state index contributed by atoms with van der Waals surface area (Å²) in [5.74, 6) is 0.106. The second kappa shape index (κ2) is 11.7. The summed E-state index contributed by atoms with van der Waals surface area (Å²) in [6, 6.07) is 10.1. The number of ketones is 1. The van der Waals surface area contributed by atoms with E-state index in [9.17, 15) is 14.4 Å². The first kappa shape index (κ1) is 25.4. The van der Waals surface area contributed by atoms with E-state index in [1.807, 2.05) is 25.1 Å². The molecule has 0 saturated carbocycles. The highest BCUT2D eigenvalue weighted by atomic mass is 16.5. The number of hydrogen-bond donors (Lipinski definition) is 3. The maximum absolute atomic E-state index is 12.1. The molecule has 182 valence electrons. The third-order valence-corrected chi connectivity index (χ3v) is 5.21. The number of amides is 2. The van der Waals surface area contributed by atoms with Crippen LogP contribution >= 0.6 is 0 Å². The molecule has 1 aromatic heterocycles. The number of ether oxygens (including phenoxy) is 1. The van der Waals surface area contributed by atoms with Gasteiger partial charge in [0.25, 0.3) is 5.91 Å². The number of primary amides is 1. The molecule has 1 saturated heterocycles. The van der Waals surface area contributed by atoms with Crippen LogP contribution in [0.2, 0.25) is 0 Å². The van der Waals surface area contributed by atoms with Crippen molar-refractivity contribution < 1.29 is 19.1 Å². The summed E-state index contributed by atoms with van der Waals surface area (Å²) in [5, 5.41) is 5.86. The number of pyridine rings is 1. The number of aromatic nitrogens is 1. The number of carbonyl (C=O) groups is 3. The van der Waals surface area contributed by atoms with Crippen molar-refractivity contribution >= 4 is 29.0 Å². The number of hydrogen-bond acceptors (Lipinski definition) is 7. The van der Waals surface area contributed by atoms with Crippen LogP contribution in [-0.4, -0.2) is 40.9 Å². The molecule has 3 rings (SSSR count). The SMILES string of the molecule is CC/C=C(/N=C(/C=C(\C)N[C@H]1CCNC1=O)C(N)=O)c1ccc(Oc2ccc(C(C)=O)cn2)cc1. The lowest BCUT2D eigenvalue weighted by atomic mass is 10.1. The average Bonchev–Trinajstić information content (AvgIpc) is 3.23. The molecule has 0 unspecified atom stereocenters. The van der Waals surface area contributed by atoms with Crippen molar-refractivity contribution in [3.8, 4) is 11.6 Å². The molecular weight excluding hydrogens is 446 g/mol. The van der Waals surface area contributed by atoms with Gasteiger partial charge in [0.2, 0.25) is 11.8 Å². The zero-order chi connectivity index (χ0) is 25.4. The van der Waals surface area contributed by atoms with E-state index >= 15 is 0 Å². The zero-order valence-electron chi connectivity index (χ0n) is 20.0. The molecule has 4 N–H and O–H groups in total. The minimum absolute atomic E-state index is 0.0654. The Hall–Kier alpha value is -4.27. The Kier molecular flexibility index (Phi) is 8.50. The number of nitrogens with one attached hydrogen (secondary N) is 2. The molecule has 2 aromatic rings. The maximum Gasteiger partial charge on any atom is 0.267 e. The van der Waals surface area contributed by atoms with Crippen LogP contribution in [0.15, 0.2) is 65.4 Å². The van der Waals surface area contributed by atoms with E-state index < -0.39 is 5.91 Å². The standard InChI is InChI=1S/C26H29N5O4/c1-4-5-21(31-23(25(27)33)14-16(2)30-22-12-13-28-26(22)34)18-6-9-20(10-7-18)35-24-11-8-19(15-29-24)17(3)32/h5-11,14-15,22,30H,4,12-13H2,1-3H3,(H2,27,33)(H,28,34)/b16-14+,21-5+,31-23-/t22-/m0/s1. The van der Waals surface area contributed by atoms with Crippen molar-refractivity contribution in [2.75, 3.05) is 6.54 Å². The minimum atomic E-state index is -0.677. The molecule has 0 spiro atoms. The van der Waals surface area contributed by atoms with Crippen molar-refractivity contribution in [3.63, 3.8) is 0 Å². The first-order valence-corrected chi connectivity index (χ1v) is 11.3. The first-order chi connectivity index (χ1) is 16.8. The molecular formula is C26H29N5O4. The van der Waals surface area contributed by atoms with Gasteiger partial charge in [-0.2, -0.15) is 0 Å². The van der Waals surface area contributed by atoms with Crippen LogP contribution < -0.4 is 21.1 Å². The molecule has 1 atom stereocenters. The van der Waals surface area contributed by atoms with Crippen LogP contribution in [0.25, 0.3) is 5.70 Å². The van der Waals surface area contributed by atoms with Gasteiger partial charge in [0.15, 0.2) is 5.78 Å². The van der Waals surface area contributed by atoms with Gasteiger partial charge in [0, 0.05) is 35.6 Å². The van der Waals surface area contributed by atoms with Gasteiger partial charge < -0.3 is 21.1 Å². The van der Waals surface area contributed by atoms with E-state index in [1.54, 1.807) is 37.3 Å². The summed E-state index contributed by atoms with van der Waals surface area (Å²) in [6.45, 7) is 5.82. The minimum Gasteiger partial charge on any atom is -0.439 e. The van der Waals surface area contributed by atoms with Gasteiger partial charge in [0.05, 0.1) is 5.70 Å². The predicted octanol–water partition coefficient (Wildman–Crippen LogP) is 3.14. The summed E-state index contributed by atoms with van der Waals surface area (Å²) in [6.07, 6.45) is 6.27. The highest BCUT2D eigenvalue weighted by Gasteiger charge is 2.23. The largest absolute Gasteiger partial charge is 0.439 e. The fourth-order valence-electron chi connectivity index (χ4n) is 3.43. The van der Waals surface area contributed by atoms with Crippen LogP contribution in [0.4, 0.5) is 0 Å². The molecule has 2 amide bonds. The molecule has 35 heavy (non-hydrogen) atoms. The van der Waals surface area contributed by atoms with Gasteiger partial charge in [-0.25, -0.2) is 9.98 Å². The average molecular weight is 476 g/mol. The Morgan fingerprint density at radius 2 is 1.91 bits per heavy atom. The second-order valence-corrected chi connectivity index (χ2v) is 8.03. The predicted molar refractivity (Wildman–Crippen MR) is 134 cm³/mol. The van der Waals surface area contributed by atoms with Gasteiger partial charge >= 0.3 is 0 Å². The molecule has 9 heteroatoms. The number of Topliss-reactive ketones (excluding diaryl/α,β-unsaturated/α-hetero) is 1. The second-order valence-electron chi connectivity index (χ2n) is 8.03. The normalized spacial score (nSPS) is 16.6. The first-order valence-electron chi connectivity index (χ1n) is 11.3. The number of nitrogens with zero attached hydrogens (tertiary/aromatic N) is 2. The molecule has 0 bridgehead atoms. The van der Waals surface area contributed by atoms with Crippen LogP contribution in [0.5, 0.6) is 11.6 Å². The van der Waals surface area contributed by atoms with E-state index in [0.717, 1.165) is 5.56 Å². The lowest BCUT2D eigenvalue weighted by molar-refractivity contribution is -0.120. The Balaban J connectivity index is 1.78. The van der Waals surface area contributed by atoms with E-state index in [1.165, 1.54) is 13.1 Å². The van der Waals surface area contributed by atoms with E-state index in [4.69, 9.17) is 10.5 Å². The van der Waals surface area contributed by atoms with Gasteiger partial charge in [-0.1, -0.05) is 13.0 Å². The van der Waals surface area contributed by atoms with Gasteiger partial charge in [-0.05, 0) is 63.1 Å². The van der Waals surface area contributed by atoms with Crippen LogP contribution in [0, 0.1) is 0 Å². The number of carbonyl (C=O) groups excluding carboxylic acids is 3. The zero-order valence-corrected chi connectivity index (χ0v) is 20.0. The summed E-state index contributed by atoms with van der Waals surface area (Å²) in [4.78, 5) is 43.9. The fraction of sp³-hybridized carbons (Fsp3) is 0.269. The molecule has 9 nitrogen and oxygen atoms in total. The summed E-state index contributed by atoms with van der Waals surface area (Å²) < 4.78 is 5.75. The maximum atomic E-state index is 12.1. The van der Waals surface area contributed by atoms with Gasteiger partial charge in [-0.3, -0.25) is 14.4 Å². The topological polar surface area (TPSA) is 136 Å². The van der Waals surface area contributed by atoms with Gasteiger partial charge in [0.1, 0.15) is 17.5 Å². The van der Waals surface area contributed by atoms with Crippen molar-refractivity contribution in [1.82, 2.24) is 15.6 Å². The third-order valence-electron chi connectivity index (χ3n) is 5.21. The number of rotatable bonds is 10. The Bertz CT molecular complexity index is 1180. The molecule has 1 fully saturated rings. The summed E-state index contributed by atoms with van der Waals surface area (Å²) in [7, 11) is 0. The van der Waals surface area contributed by atoms with E-state index in [0.29, 0.717) is 48.0 Å². The Morgan fingerprint density at radius 1 is 1.20 bits per heavy atom. The van der Waals surface area contributed by atoms with Gasteiger partial charge in [-0.15, -0.1) is 0 Å². The van der Waals surface area contributed by atoms with E-state index in [2.05, 4.69) is 20.6 Å². The summed E-state index contributed by atoms with van der Waals surface area (Å²) in [5.41, 5.74) is 8.14. The van der Waals surface area contributed by atoms with Crippen LogP contribution in [0.3, 0.4) is 0 Å². The Morgan fingerprint density at radius 3 is 2.46 bits per heavy atom. The molecule has 2 heterocycles. The quantitative estimate of drug-likeness (QED) is 0.357. The van der Waals surface area contributed by atoms with Crippen molar-refractivity contribution in [2.24, 2.45) is 10.7 Å². The number of nitrogens with two attached hydrogens (primary N) is 1. The highest BCUT2D eigenvalue weighted by Crippen LogP contribution is 2.24. The number of allylic oxidation sites excluding steroid dienone is 2. The number of benzene rings is 1. The molecule has 1 aliphatic rings. The summed E-state index contributed by atoms with van der Waals surface area (Å²) >= 11 is 0. The fourth-order valence-corrected chi connectivity index (χ4v) is 3.43. The number of aliphatic imine (C=N–C) groups is 1. The highest BCUT2D eigenvalue weighted by molar-refractivity contribution is 6.43. The smallest absolute Gasteiger partial charge is 0.267 e. The van der Waals surface area contributed by atoms with Crippen molar-refractivity contribution in [3.05, 3.63) is 71.6 Å².